The van der Waals surface area contributed by atoms with Crippen LogP contribution < -0.4 is 10.0 Å². The van der Waals surface area contributed by atoms with Crippen LogP contribution in [0.15, 0.2) is 71.6 Å². The van der Waals surface area contributed by atoms with E-state index in [1.807, 2.05) is 49.4 Å². The third-order valence-corrected chi connectivity index (χ3v) is 7.03. The van der Waals surface area contributed by atoms with Gasteiger partial charge in [-0.2, -0.15) is 0 Å². The minimum atomic E-state index is -3.64. The van der Waals surface area contributed by atoms with Crippen molar-refractivity contribution in [3.05, 3.63) is 77.9 Å². The van der Waals surface area contributed by atoms with Gasteiger partial charge in [-0.05, 0) is 60.4 Å². The van der Waals surface area contributed by atoms with Gasteiger partial charge >= 0.3 is 0 Å². The molecule has 3 aromatic rings. The van der Waals surface area contributed by atoms with Crippen molar-refractivity contribution >= 4 is 26.7 Å². The first-order valence-corrected chi connectivity index (χ1v) is 11.9. The number of carbonyl (C=O) groups excluding carboxylic acids is 1. The Morgan fingerprint density at radius 2 is 1.81 bits per heavy atom. The monoisotopic (exact) mass is 438 g/mol. The van der Waals surface area contributed by atoms with E-state index in [-0.39, 0.29) is 29.5 Å². The number of sulfonamides is 1. The van der Waals surface area contributed by atoms with E-state index in [0.29, 0.717) is 12.2 Å². The number of benzene rings is 3. The number of nitrogens with one attached hydrogen (secondary N) is 2. The summed E-state index contributed by atoms with van der Waals surface area (Å²) in [5, 5.41) is 5.22. The summed E-state index contributed by atoms with van der Waals surface area (Å²) in [6.07, 6.45) is 1.74. The minimum Gasteiger partial charge on any atom is -0.377 e. The van der Waals surface area contributed by atoms with Gasteiger partial charge in [-0.15, -0.1) is 0 Å². The molecule has 1 fully saturated rings. The fourth-order valence-corrected chi connectivity index (χ4v) is 4.93. The molecule has 1 saturated heterocycles. The first-order chi connectivity index (χ1) is 14.9. The maximum absolute atomic E-state index is 12.7. The lowest BCUT2D eigenvalue weighted by Crippen LogP contribution is -2.32. The van der Waals surface area contributed by atoms with Gasteiger partial charge in [0.15, 0.2) is 0 Å². The number of hydrogen-bond acceptors (Lipinski definition) is 4. The number of rotatable bonds is 7. The third kappa shape index (κ3) is 4.95. The van der Waals surface area contributed by atoms with Gasteiger partial charge < -0.3 is 10.1 Å². The Morgan fingerprint density at radius 1 is 1.06 bits per heavy atom. The molecule has 1 aliphatic rings. The van der Waals surface area contributed by atoms with Gasteiger partial charge in [0.25, 0.3) is 5.91 Å². The van der Waals surface area contributed by atoms with Crippen LogP contribution in [0, 0.1) is 0 Å². The van der Waals surface area contributed by atoms with Crippen molar-refractivity contribution in [3.8, 4) is 0 Å². The summed E-state index contributed by atoms with van der Waals surface area (Å²) in [6, 6.07) is 19.8. The Labute approximate surface area is 182 Å². The van der Waals surface area contributed by atoms with E-state index in [2.05, 4.69) is 10.0 Å². The van der Waals surface area contributed by atoms with E-state index >= 15 is 0 Å². The Morgan fingerprint density at radius 3 is 2.55 bits per heavy atom. The molecule has 4 rings (SSSR count). The standard InChI is InChI=1S/C24H26N2O4S/c1-17(22-10-4-7-18-6-2-3-9-23(18)22)26-24(27)19-11-13-21(14-12-19)31(28,29)25-16-20-8-5-15-30-20/h2-4,6-7,9-14,17,20,25H,5,8,15-16H2,1H3,(H,26,27)/t17-,20+/m1/s1. The number of hydrogen-bond donors (Lipinski definition) is 2. The van der Waals surface area contributed by atoms with Crippen LogP contribution in [0.4, 0.5) is 0 Å². The van der Waals surface area contributed by atoms with Crippen LogP contribution >= 0.6 is 0 Å². The molecule has 31 heavy (non-hydrogen) atoms. The molecule has 1 heterocycles. The topological polar surface area (TPSA) is 84.5 Å². The Hall–Kier alpha value is -2.74. The second-order valence-corrected chi connectivity index (χ2v) is 9.54. The molecule has 0 spiro atoms. The number of ether oxygens (including phenoxy) is 1. The smallest absolute Gasteiger partial charge is 0.251 e. The molecule has 0 bridgehead atoms. The van der Waals surface area contributed by atoms with Crippen LogP contribution in [0.25, 0.3) is 10.8 Å². The molecule has 0 radical (unpaired) electrons. The zero-order valence-electron chi connectivity index (χ0n) is 17.4. The summed E-state index contributed by atoms with van der Waals surface area (Å²) in [4.78, 5) is 12.9. The summed E-state index contributed by atoms with van der Waals surface area (Å²) in [5.74, 6) is -0.253. The zero-order valence-corrected chi connectivity index (χ0v) is 18.2. The van der Waals surface area contributed by atoms with Crippen LogP contribution in [0.5, 0.6) is 0 Å². The van der Waals surface area contributed by atoms with Gasteiger partial charge in [-0.3, -0.25) is 4.79 Å². The molecule has 0 unspecified atom stereocenters. The summed E-state index contributed by atoms with van der Waals surface area (Å²) in [7, 11) is -3.64. The summed E-state index contributed by atoms with van der Waals surface area (Å²) in [6.45, 7) is 2.87. The van der Waals surface area contributed by atoms with Crippen molar-refractivity contribution in [3.63, 3.8) is 0 Å². The van der Waals surface area contributed by atoms with Gasteiger partial charge in [0.05, 0.1) is 17.0 Å². The average Bonchev–Trinajstić information content (AvgIpc) is 3.31. The molecule has 0 aliphatic carbocycles. The van der Waals surface area contributed by atoms with Gasteiger partial charge in [0, 0.05) is 18.7 Å². The Bertz CT molecular complexity index is 1160. The van der Waals surface area contributed by atoms with E-state index in [1.54, 1.807) is 0 Å². The summed E-state index contributed by atoms with van der Waals surface area (Å²) >= 11 is 0. The Kier molecular flexibility index (Phi) is 6.36. The average molecular weight is 439 g/mol. The second kappa shape index (κ2) is 9.18. The maximum atomic E-state index is 12.7. The van der Waals surface area contributed by atoms with Crippen molar-refractivity contribution < 1.29 is 17.9 Å². The van der Waals surface area contributed by atoms with Crippen molar-refractivity contribution in [1.29, 1.82) is 0 Å². The van der Waals surface area contributed by atoms with Crippen molar-refractivity contribution in [2.24, 2.45) is 0 Å². The van der Waals surface area contributed by atoms with Crippen LogP contribution in [0.2, 0.25) is 0 Å². The number of amides is 1. The highest BCUT2D eigenvalue weighted by Crippen LogP contribution is 2.24. The van der Waals surface area contributed by atoms with Gasteiger partial charge in [0.2, 0.25) is 10.0 Å². The fraction of sp³-hybridized carbons (Fsp3) is 0.292. The fourth-order valence-electron chi connectivity index (χ4n) is 3.86. The molecule has 162 valence electrons. The van der Waals surface area contributed by atoms with E-state index in [1.165, 1.54) is 24.3 Å². The summed E-state index contributed by atoms with van der Waals surface area (Å²) < 4.78 is 33.0. The quantitative estimate of drug-likeness (QED) is 0.588. The highest BCUT2D eigenvalue weighted by atomic mass is 32.2. The highest BCUT2D eigenvalue weighted by Gasteiger charge is 2.21. The molecular weight excluding hydrogens is 412 g/mol. The lowest BCUT2D eigenvalue weighted by molar-refractivity contribution is 0.0940. The number of fused-ring (bicyclic) bond motifs is 1. The lowest BCUT2D eigenvalue weighted by Gasteiger charge is -2.17. The molecule has 2 N–H and O–H groups in total. The summed E-state index contributed by atoms with van der Waals surface area (Å²) in [5.41, 5.74) is 1.44. The van der Waals surface area contributed by atoms with Crippen LogP contribution in [0.3, 0.4) is 0 Å². The van der Waals surface area contributed by atoms with E-state index in [4.69, 9.17) is 4.74 Å². The predicted molar refractivity (Wildman–Crippen MR) is 120 cm³/mol. The van der Waals surface area contributed by atoms with Gasteiger partial charge in [-0.1, -0.05) is 42.5 Å². The largest absolute Gasteiger partial charge is 0.377 e. The maximum Gasteiger partial charge on any atom is 0.251 e. The van der Waals surface area contributed by atoms with Gasteiger partial charge in [-0.25, -0.2) is 13.1 Å². The SMILES string of the molecule is C[C@@H](NC(=O)c1ccc(S(=O)(=O)NC[C@@H]2CCCO2)cc1)c1cccc2ccccc12. The minimum absolute atomic E-state index is 0.0737. The molecule has 2 atom stereocenters. The molecule has 1 aliphatic heterocycles. The highest BCUT2D eigenvalue weighted by molar-refractivity contribution is 7.89. The van der Waals surface area contributed by atoms with Gasteiger partial charge in [0.1, 0.15) is 0 Å². The normalized spacial score (nSPS) is 17.5. The van der Waals surface area contributed by atoms with Crippen LogP contribution in [-0.2, 0) is 14.8 Å². The van der Waals surface area contributed by atoms with E-state index in [0.717, 1.165) is 29.2 Å². The van der Waals surface area contributed by atoms with Crippen LogP contribution in [0.1, 0.15) is 41.7 Å². The molecule has 6 nitrogen and oxygen atoms in total. The van der Waals surface area contributed by atoms with Crippen molar-refractivity contribution in [2.75, 3.05) is 13.2 Å². The predicted octanol–water partition coefficient (Wildman–Crippen LogP) is 3.79. The lowest BCUT2D eigenvalue weighted by atomic mass is 9.99. The molecule has 0 saturated carbocycles. The molecule has 0 aromatic heterocycles. The first kappa shape index (κ1) is 21.5. The molecular formula is C24H26N2O4S. The van der Waals surface area contributed by atoms with Crippen LogP contribution in [-0.4, -0.2) is 33.6 Å². The Balaban J connectivity index is 1.43. The molecule has 3 aromatic carbocycles. The zero-order chi connectivity index (χ0) is 21.8. The van der Waals surface area contributed by atoms with Crippen molar-refractivity contribution in [2.45, 2.75) is 36.8 Å². The molecule has 1 amide bonds. The van der Waals surface area contributed by atoms with Crippen molar-refractivity contribution in [1.82, 2.24) is 10.0 Å². The molecule has 7 heteroatoms. The van der Waals surface area contributed by atoms with E-state index in [9.17, 15) is 13.2 Å². The third-order valence-electron chi connectivity index (χ3n) is 5.59. The number of carbonyl (C=O) groups is 1. The second-order valence-electron chi connectivity index (χ2n) is 7.77. The first-order valence-electron chi connectivity index (χ1n) is 10.4. The van der Waals surface area contributed by atoms with E-state index < -0.39 is 10.0 Å².